The molecule has 2 saturated heterocycles. The summed E-state index contributed by atoms with van der Waals surface area (Å²) in [5.41, 5.74) is 4.47. The highest BCUT2D eigenvalue weighted by molar-refractivity contribution is 5.15. The number of alkyl halides is 3. The number of rotatable bonds is 1. The van der Waals surface area contributed by atoms with Crippen molar-refractivity contribution in [2.75, 3.05) is 0 Å². The van der Waals surface area contributed by atoms with Crippen molar-refractivity contribution in [3.63, 3.8) is 0 Å². The number of hydrogen-bond acceptors (Lipinski definition) is 2. The Morgan fingerprint density at radius 2 is 1.59 bits per heavy atom. The highest BCUT2D eigenvalue weighted by Crippen LogP contribution is 2.57. The van der Waals surface area contributed by atoms with E-state index in [1.807, 2.05) is 0 Å². The number of halogens is 3. The van der Waals surface area contributed by atoms with Crippen LogP contribution in [0.2, 0.25) is 0 Å². The summed E-state index contributed by atoms with van der Waals surface area (Å²) in [4.78, 5) is 1.81. The third kappa shape index (κ3) is 1.70. The van der Waals surface area contributed by atoms with Crippen LogP contribution in [0.3, 0.4) is 0 Å². The van der Waals surface area contributed by atoms with E-state index in [-0.39, 0.29) is 18.1 Å². The molecule has 2 nitrogen and oxygen atoms in total. The van der Waals surface area contributed by atoms with Crippen LogP contribution in [0.5, 0.6) is 0 Å². The van der Waals surface area contributed by atoms with Gasteiger partial charge in [0.2, 0.25) is 0 Å². The quantitative estimate of drug-likeness (QED) is 0.772. The van der Waals surface area contributed by atoms with E-state index in [0.29, 0.717) is 12.8 Å². The molecule has 1 aliphatic carbocycles. The van der Waals surface area contributed by atoms with Gasteiger partial charge in [-0.2, -0.15) is 13.2 Å². The fourth-order valence-electron chi connectivity index (χ4n) is 3.93. The number of hydrogen-bond donors (Lipinski definition) is 1. The van der Waals surface area contributed by atoms with E-state index in [2.05, 4.69) is 0 Å². The largest absolute Gasteiger partial charge is 0.406 e. The molecule has 0 aromatic heterocycles. The highest BCUT2D eigenvalue weighted by atomic mass is 19.4. The van der Waals surface area contributed by atoms with Crippen molar-refractivity contribution in [1.82, 2.24) is 4.90 Å². The van der Waals surface area contributed by atoms with Crippen molar-refractivity contribution in [3.8, 4) is 0 Å². The minimum atomic E-state index is -4.07. The van der Waals surface area contributed by atoms with Gasteiger partial charge in [0.05, 0.1) is 0 Å². The molecule has 2 unspecified atom stereocenters. The molecule has 3 fully saturated rings. The third-order valence-electron chi connectivity index (χ3n) is 4.76. The maximum absolute atomic E-state index is 13.2. The highest BCUT2D eigenvalue weighted by Gasteiger charge is 2.69. The van der Waals surface area contributed by atoms with Crippen LogP contribution in [0.1, 0.15) is 44.9 Å². The Labute approximate surface area is 99.3 Å². The van der Waals surface area contributed by atoms with E-state index in [0.717, 1.165) is 32.1 Å². The average molecular weight is 248 g/mol. The summed E-state index contributed by atoms with van der Waals surface area (Å²) in [6.07, 6.45) is 0.846. The smallest absolute Gasteiger partial charge is 0.328 e. The topological polar surface area (TPSA) is 29.3 Å². The Bertz CT molecular complexity index is 297. The first kappa shape index (κ1) is 11.8. The molecular weight excluding hydrogens is 229 g/mol. The van der Waals surface area contributed by atoms with Gasteiger partial charge in [-0.15, -0.1) is 0 Å². The molecule has 0 radical (unpaired) electrons. The van der Waals surface area contributed by atoms with E-state index < -0.39 is 11.7 Å². The summed E-state index contributed by atoms with van der Waals surface area (Å²) >= 11 is 0. The van der Waals surface area contributed by atoms with Crippen LogP contribution in [-0.4, -0.2) is 34.7 Å². The van der Waals surface area contributed by atoms with E-state index >= 15 is 0 Å². The third-order valence-corrected chi connectivity index (χ3v) is 4.76. The molecular formula is C12H19F3N2. The van der Waals surface area contributed by atoms with Gasteiger partial charge in [0.1, 0.15) is 5.54 Å². The second-order valence-corrected chi connectivity index (χ2v) is 5.91. The predicted molar refractivity (Wildman–Crippen MR) is 58.5 cm³/mol. The lowest BCUT2D eigenvalue weighted by molar-refractivity contribution is -0.219. The fourth-order valence-corrected chi connectivity index (χ4v) is 3.93. The zero-order valence-electron chi connectivity index (χ0n) is 9.84. The van der Waals surface area contributed by atoms with Crippen molar-refractivity contribution in [2.24, 2.45) is 5.73 Å². The van der Waals surface area contributed by atoms with Gasteiger partial charge in [0, 0.05) is 18.1 Å². The van der Waals surface area contributed by atoms with E-state index in [9.17, 15) is 13.2 Å². The summed E-state index contributed by atoms with van der Waals surface area (Å²) in [5.74, 6) is 0. The SMILES string of the molecule is NC1CC2CCCC(C1)N2C1(C(F)(F)F)CC1. The predicted octanol–water partition coefficient (Wildman–Crippen LogP) is 2.43. The number of piperidine rings is 2. The Hall–Kier alpha value is -0.290. The number of nitrogens with zero attached hydrogens (tertiary/aromatic N) is 1. The molecule has 17 heavy (non-hydrogen) atoms. The van der Waals surface area contributed by atoms with Gasteiger partial charge in [-0.05, 0) is 38.5 Å². The first-order valence-corrected chi connectivity index (χ1v) is 6.55. The van der Waals surface area contributed by atoms with E-state index in [1.54, 1.807) is 4.90 Å². The molecule has 1 saturated carbocycles. The minimum Gasteiger partial charge on any atom is -0.328 e. The molecule has 0 spiro atoms. The Kier molecular flexibility index (Phi) is 2.50. The lowest BCUT2D eigenvalue weighted by atomic mass is 9.80. The van der Waals surface area contributed by atoms with Gasteiger partial charge < -0.3 is 5.73 Å². The second kappa shape index (κ2) is 3.60. The zero-order valence-corrected chi connectivity index (χ0v) is 9.84. The lowest BCUT2D eigenvalue weighted by Gasteiger charge is -2.52. The average Bonchev–Trinajstić information content (AvgIpc) is 2.95. The lowest BCUT2D eigenvalue weighted by Crippen LogP contribution is -2.63. The van der Waals surface area contributed by atoms with Gasteiger partial charge in [-0.1, -0.05) is 6.42 Å². The van der Waals surface area contributed by atoms with Gasteiger partial charge in [-0.25, -0.2) is 0 Å². The molecule has 2 bridgehead atoms. The maximum atomic E-state index is 13.2. The van der Waals surface area contributed by atoms with Gasteiger partial charge in [-0.3, -0.25) is 4.90 Å². The van der Waals surface area contributed by atoms with Crippen LogP contribution < -0.4 is 5.73 Å². The van der Waals surface area contributed by atoms with Crippen LogP contribution in [0, 0.1) is 0 Å². The normalized spacial score (nSPS) is 41.3. The Morgan fingerprint density at radius 3 is 2.00 bits per heavy atom. The molecule has 98 valence electrons. The summed E-state index contributed by atoms with van der Waals surface area (Å²) < 4.78 is 39.6. The van der Waals surface area contributed by atoms with Gasteiger partial charge in [0.15, 0.2) is 0 Å². The molecule has 3 rings (SSSR count). The first-order chi connectivity index (χ1) is 7.94. The molecule has 0 amide bonds. The van der Waals surface area contributed by atoms with Crippen molar-refractivity contribution in [2.45, 2.75) is 74.8 Å². The van der Waals surface area contributed by atoms with E-state index in [4.69, 9.17) is 5.73 Å². The number of nitrogens with two attached hydrogens (primary N) is 1. The Balaban J connectivity index is 1.88. The van der Waals surface area contributed by atoms with E-state index in [1.165, 1.54) is 0 Å². The molecule has 0 aromatic carbocycles. The summed E-state index contributed by atoms with van der Waals surface area (Å²) in [5, 5.41) is 0. The van der Waals surface area contributed by atoms with Crippen LogP contribution in [0.25, 0.3) is 0 Å². The summed E-state index contributed by atoms with van der Waals surface area (Å²) in [6, 6.07) is 0.244. The van der Waals surface area contributed by atoms with Gasteiger partial charge in [0.25, 0.3) is 0 Å². The van der Waals surface area contributed by atoms with Crippen molar-refractivity contribution in [1.29, 1.82) is 0 Å². The second-order valence-electron chi connectivity index (χ2n) is 5.91. The van der Waals surface area contributed by atoms with Crippen molar-refractivity contribution >= 4 is 0 Å². The standard InChI is InChI=1S/C12H19F3N2/c13-12(14,15)11(4-5-11)17-9-2-1-3-10(17)7-8(16)6-9/h8-10H,1-7,16H2. The van der Waals surface area contributed by atoms with Crippen LogP contribution in [-0.2, 0) is 0 Å². The fraction of sp³-hybridized carbons (Fsp3) is 1.00. The monoisotopic (exact) mass is 248 g/mol. The molecule has 2 aliphatic heterocycles. The molecule has 2 N–H and O–H groups in total. The first-order valence-electron chi connectivity index (χ1n) is 6.55. The van der Waals surface area contributed by atoms with Crippen molar-refractivity contribution in [3.05, 3.63) is 0 Å². The van der Waals surface area contributed by atoms with Crippen LogP contribution >= 0.6 is 0 Å². The summed E-state index contributed by atoms with van der Waals surface area (Å²) in [6.45, 7) is 0. The maximum Gasteiger partial charge on any atom is 0.406 e. The van der Waals surface area contributed by atoms with Crippen molar-refractivity contribution < 1.29 is 13.2 Å². The Morgan fingerprint density at radius 1 is 1.06 bits per heavy atom. The molecule has 3 aliphatic rings. The molecule has 2 atom stereocenters. The minimum absolute atomic E-state index is 0.0709. The van der Waals surface area contributed by atoms with Crippen LogP contribution in [0.15, 0.2) is 0 Å². The van der Waals surface area contributed by atoms with Crippen LogP contribution in [0.4, 0.5) is 13.2 Å². The summed E-state index contributed by atoms with van der Waals surface area (Å²) in [7, 11) is 0. The molecule has 2 heterocycles. The molecule has 5 heteroatoms. The molecule has 0 aromatic rings. The zero-order chi connectivity index (χ0) is 12.3. The van der Waals surface area contributed by atoms with Gasteiger partial charge >= 0.3 is 6.18 Å². The number of fused-ring (bicyclic) bond motifs is 2.